The number of amides is 1. The van der Waals surface area contributed by atoms with Crippen LogP contribution >= 0.6 is 11.3 Å². The molecule has 1 heterocycles. The minimum Gasteiger partial charge on any atom is -0.478 e. The Morgan fingerprint density at radius 3 is 2.38 bits per heavy atom. The lowest BCUT2D eigenvalue weighted by atomic mass is 10.1. The molecule has 0 radical (unpaired) electrons. The van der Waals surface area contributed by atoms with Crippen LogP contribution in [0.25, 0.3) is 0 Å². The van der Waals surface area contributed by atoms with Crippen LogP contribution in [0.4, 0.5) is 10.3 Å². The Kier molecular flexibility index (Phi) is 4.57. The van der Waals surface area contributed by atoms with Crippen molar-refractivity contribution in [2.45, 2.75) is 0 Å². The van der Waals surface area contributed by atoms with E-state index in [1.54, 1.807) is 0 Å². The fourth-order valence-corrected chi connectivity index (χ4v) is 2.48. The van der Waals surface area contributed by atoms with Crippen molar-refractivity contribution < 1.29 is 23.5 Å². The van der Waals surface area contributed by atoms with E-state index < -0.39 is 23.1 Å². The van der Waals surface area contributed by atoms with Crippen LogP contribution < -0.4 is 10.0 Å². The Morgan fingerprint density at radius 2 is 1.76 bits per heavy atom. The molecule has 1 atom stereocenters. The monoisotopic (exact) mass is 328 g/mol. The number of aromatic carboxylic acids is 1. The molecule has 21 heavy (non-hydrogen) atoms. The number of carbonyl (C=O) groups excluding carboxylic acids is 1. The lowest BCUT2D eigenvalue weighted by molar-refractivity contribution is 0.0692. The Hall–Kier alpha value is -2.37. The molecule has 0 aliphatic heterocycles. The van der Waals surface area contributed by atoms with Crippen LogP contribution in [0, 0.1) is 0 Å². The molecule has 4 N–H and O–H groups in total. The zero-order valence-electron chi connectivity index (χ0n) is 10.1. The molecule has 0 spiro atoms. The largest absolute Gasteiger partial charge is 0.478 e. The van der Waals surface area contributed by atoms with Crippen molar-refractivity contribution >= 4 is 44.7 Å². The molecule has 9 nitrogen and oxygen atoms in total. The maximum Gasteiger partial charge on any atom is 0.336 e. The molecule has 0 aliphatic rings. The number of aromatic nitrogens is 2. The summed E-state index contributed by atoms with van der Waals surface area (Å²) in [6.45, 7) is 0. The summed E-state index contributed by atoms with van der Waals surface area (Å²) in [4.78, 5) is 23.0. The first-order valence-corrected chi connectivity index (χ1v) is 7.24. The molecule has 0 fully saturated rings. The molecule has 2 aromatic rings. The highest BCUT2D eigenvalue weighted by Crippen LogP contribution is 2.21. The van der Waals surface area contributed by atoms with Crippen molar-refractivity contribution in [3.8, 4) is 0 Å². The van der Waals surface area contributed by atoms with E-state index >= 15 is 0 Å². The quantitative estimate of drug-likeness (QED) is 0.601. The van der Waals surface area contributed by atoms with Crippen molar-refractivity contribution in [2.24, 2.45) is 0 Å². The Bertz CT molecular complexity index is 717. The molecule has 1 aromatic carbocycles. The number of hydrogen-bond donors (Lipinski definition) is 4. The number of benzene rings is 1. The second kappa shape index (κ2) is 6.39. The second-order valence-electron chi connectivity index (χ2n) is 3.57. The van der Waals surface area contributed by atoms with Gasteiger partial charge in [-0.2, -0.15) is 0 Å². The summed E-state index contributed by atoms with van der Waals surface area (Å²) in [5.74, 6) is -1.89. The number of anilines is 2. The van der Waals surface area contributed by atoms with Crippen molar-refractivity contribution in [1.29, 1.82) is 0 Å². The van der Waals surface area contributed by atoms with E-state index in [1.165, 1.54) is 24.3 Å². The van der Waals surface area contributed by atoms with Crippen LogP contribution in [0.3, 0.4) is 0 Å². The average Bonchev–Trinajstić information content (AvgIpc) is 2.85. The highest BCUT2D eigenvalue weighted by molar-refractivity contribution is 7.80. The summed E-state index contributed by atoms with van der Waals surface area (Å²) >= 11 is -1.46. The van der Waals surface area contributed by atoms with Gasteiger partial charge in [-0.25, -0.2) is 9.00 Å². The summed E-state index contributed by atoms with van der Waals surface area (Å²) in [7, 11) is 0. The lowest BCUT2D eigenvalue weighted by Crippen LogP contribution is -2.16. The molecule has 0 aliphatic carbocycles. The summed E-state index contributed by atoms with van der Waals surface area (Å²) in [6, 6.07) is 5.70. The first kappa shape index (κ1) is 15.0. The van der Waals surface area contributed by atoms with E-state index in [9.17, 15) is 13.8 Å². The summed E-state index contributed by atoms with van der Waals surface area (Å²) < 4.78 is 21.2. The number of carboxylic acid groups (broad SMARTS) is 1. The van der Waals surface area contributed by atoms with Gasteiger partial charge in [-0.1, -0.05) is 23.5 Å². The summed E-state index contributed by atoms with van der Waals surface area (Å²) in [5.41, 5.74) is -0.172. The average molecular weight is 328 g/mol. The number of carbonyl (C=O) groups is 2. The van der Waals surface area contributed by atoms with E-state index in [0.717, 1.165) is 11.3 Å². The van der Waals surface area contributed by atoms with Crippen LogP contribution in [0.5, 0.6) is 0 Å². The molecule has 110 valence electrons. The van der Waals surface area contributed by atoms with Gasteiger partial charge in [0.05, 0.1) is 11.1 Å². The van der Waals surface area contributed by atoms with Crippen LogP contribution in [0.15, 0.2) is 24.3 Å². The van der Waals surface area contributed by atoms with E-state index in [4.69, 9.17) is 9.66 Å². The third kappa shape index (κ3) is 3.81. The van der Waals surface area contributed by atoms with Gasteiger partial charge >= 0.3 is 5.97 Å². The minimum atomic E-state index is -2.29. The molecule has 2 rings (SSSR count). The molecule has 1 aromatic heterocycles. The number of carboxylic acids is 1. The Morgan fingerprint density at radius 1 is 1.14 bits per heavy atom. The van der Waals surface area contributed by atoms with Gasteiger partial charge in [-0.3, -0.25) is 19.4 Å². The van der Waals surface area contributed by atoms with Crippen molar-refractivity contribution in [2.75, 3.05) is 10.0 Å². The van der Waals surface area contributed by atoms with Crippen molar-refractivity contribution in [1.82, 2.24) is 10.2 Å². The molecule has 11 heteroatoms. The lowest BCUT2D eigenvalue weighted by Gasteiger charge is -2.04. The molecule has 0 bridgehead atoms. The van der Waals surface area contributed by atoms with Gasteiger partial charge in [-0.15, -0.1) is 10.2 Å². The van der Waals surface area contributed by atoms with E-state index in [2.05, 4.69) is 20.2 Å². The van der Waals surface area contributed by atoms with Gasteiger partial charge in [-0.05, 0) is 12.1 Å². The highest BCUT2D eigenvalue weighted by atomic mass is 32.2. The highest BCUT2D eigenvalue weighted by Gasteiger charge is 2.17. The topological polar surface area (TPSA) is 142 Å². The fourth-order valence-electron chi connectivity index (χ4n) is 1.42. The van der Waals surface area contributed by atoms with Crippen LogP contribution in [0.1, 0.15) is 20.7 Å². The Balaban J connectivity index is 2.17. The molecular weight excluding hydrogens is 320 g/mol. The van der Waals surface area contributed by atoms with Gasteiger partial charge in [0, 0.05) is 0 Å². The number of nitrogens with zero attached hydrogens (tertiary/aromatic N) is 2. The first-order chi connectivity index (χ1) is 9.97. The molecular formula is C10H8N4O5S2. The van der Waals surface area contributed by atoms with Gasteiger partial charge in [0.25, 0.3) is 17.2 Å². The number of nitrogens with one attached hydrogen (secondary N) is 2. The van der Waals surface area contributed by atoms with E-state index in [0.29, 0.717) is 0 Å². The van der Waals surface area contributed by atoms with Crippen LogP contribution in [-0.2, 0) is 11.3 Å². The zero-order chi connectivity index (χ0) is 15.4. The van der Waals surface area contributed by atoms with E-state index in [-0.39, 0.29) is 21.4 Å². The SMILES string of the molecule is O=C(O)c1ccccc1C(=O)Nc1nnc(NS(=O)O)s1. The van der Waals surface area contributed by atoms with Crippen LogP contribution in [-0.4, -0.2) is 35.9 Å². The minimum absolute atomic E-state index is 0.0274. The second-order valence-corrected chi connectivity index (χ2v) is 5.25. The maximum atomic E-state index is 12.0. The molecule has 1 unspecified atom stereocenters. The van der Waals surface area contributed by atoms with Gasteiger partial charge in [0.1, 0.15) is 0 Å². The summed E-state index contributed by atoms with van der Waals surface area (Å²) in [6.07, 6.45) is 0. The van der Waals surface area contributed by atoms with Crippen molar-refractivity contribution in [3.05, 3.63) is 35.4 Å². The first-order valence-electron chi connectivity index (χ1n) is 5.32. The van der Waals surface area contributed by atoms with Gasteiger partial charge in [0.2, 0.25) is 10.3 Å². The zero-order valence-corrected chi connectivity index (χ0v) is 11.8. The Labute approximate surface area is 124 Å². The normalized spacial score (nSPS) is 11.7. The van der Waals surface area contributed by atoms with Crippen molar-refractivity contribution in [3.63, 3.8) is 0 Å². The van der Waals surface area contributed by atoms with Gasteiger partial charge < -0.3 is 5.11 Å². The fraction of sp³-hybridized carbons (Fsp3) is 0. The number of rotatable bonds is 5. The molecule has 0 saturated heterocycles. The number of hydrogen-bond acceptors (Lipinski definition) is 6. The summed E-state index contributed by atoms with van der Waals surface area (Å²) in [5, 5.41) is 18.6. The predicted octanol–water partition coefficient (Wildman–Crippen LogP) is 1.04. The third-order valence-corrected chi connectivity index (χ3v) is 3.47. The molecule has 1 amide bonds. The maximum absolute atomic E-state index is 12.0. The van der Waals surface area contributed by atoms with Gasteiger partial charge in [0.15, 0.2) is 0 Å². The third-order valence-electron chi connectivity index (χ3n) is 2.22. The van der Waals surface area contributed by atoms with E-state index in [1.807, 2.05) is 0 Å². The molecule has 0 saturated carbocycles. The smallest absolute Gasteiger partial charge is 0.336 e. The van der Waals surface area contributed by atoms with Crippen LogP contribution in [0.2, 0.25) is 0 Å². The standard InChI is InChI=1S/C10H8N4O5S2/c15-7(5-3-1-2-4-6(5)8(16)17)11-9-12-13-10(20-9)14-21(18)19/h1-4H,(H,13,14)(H,16,17)(H,18,19)(H,11,12,15). The predicted molar refractivity (Wildman–Crippen MR) is 75.7 cm³/mol.